The highest BCUT2D eigenvalue weighted by atomic mass is 19.4. The first-order chi connectivity index (χ1) is 12.2. The zero-order chi connectivity index (χ0) is 19.1. The van der Waals surface area contributed by atoms with Gasteiger partial charge in [-0.05, 0) is 25.8 Å². The summed E-state index contributed by atoms with van der Waals surface area (Å²) >= 11 is 0. The molecule has 1 fully saturated rings. The van der Waals surface area contributed by atoms with E-state index in [2.05, 4.69) is 15.5 Å². The number of nitrogens with one attached hydrogen (secondary N) is 1. The third-order valence-electron chi connectivity index (χ3n) is 4.78. The van der Waals surface area contributed by atoms with Crippen LogP contribution in [-0.2, 0) is 31.1 Å². The first-order valence-corrected chi connectivity index (χ1v) is 8.57. The Hall–Kier alpha value is -2.32. The predicted molar refractivity (Wildman–Crippen MR) is 88.2 cm³/mol. The molecule has 1 saturated carbocycles. The SMILES string of the molecule is Cc1c(CNC(=O)C(C)Cn2nc(C(F)(F)F)cc2C2CC2)cnn1C. The van der Waals surface area contributed by atoms with E-state index in [1.165, 1.54) is 4.68 Å². The fraction of sp³-hybridized carbons (Fsp3) is 0.588. The van der Waals surface area contributed by atoms with Gasteiger partial charge < -0.3 is 5.32 Å². The number of amides is 1. The van der Waals surface area contributed by atoms with Gasteiger partial charge in [-0.25, -0.2) is 0 Å². The topological polar surface area (TPSA) is 64.7 Å². The summed E-state index contributed by atoms with van der Waals surface area (Å²) in [5.41, 5.74) is 1.54. The van der Waals surface area contributed by atoms with E-state index in [-0.39, 0.29) is 18.4 Å². The number of hydrogen-bond donors (Lipinski definition) is 1. The maximum absolute atomic E-state index is 12.9. The second-order valence-corrected chi connectivity index (χ2v) is 6.91. The van der Waals surface area contributed by atoms with Crippen molar-refractivity contribution >= 4 is 5.91 Å². The van der Waals surface area contributed by atoms with E-state index in [4.69, 9.17) is 0 Å². The van der Waals surface area contributed by atoms with Gasteiger partial charge in [0.15, 0.2) is 5.69 Å². The maximum atomic E-state index is 12.9. The Morgan fingerprint density at radius 3 is 2.65 bits per heavy atom. The zero-order valence-electron chi connectivity index (χ0n) is 15.0. The van der Waals surface area contributed by atoms with Gasteiger partial charge in [-0.3, -0.25) is 14.2 Å². The Morgan fingerprint density at radius 1 is 1.42 bits per heavy atom. The van der Waals surface area contributed by atoms with Crippen LogP contribution in [0, 0.1) is 12.8 Å². The van der Waals surface area contributed by atoms with E-state index < -0.39 is 17.8 Å². The van der Waals surface area contributed by atoms with Crippen LogP contribution < -0.4 is 5.32 Å². The minimum Gasteiger partial charge on any atom is -0.352 e. The molecule has 1 atom stereocenters. The minimum atomic E-state index is -4.47. The van der Waals surface area contributed by atoms with Gasteiger partial charge in [-0.15, -0.1) is 0 Å². The number of aromatic nitrogens is 4. The number of nitrogens with zero attached hydrogens (tertiary/aromatic N) is 4. The maximum Gasteiger partial charge on any atom is 0.435 e. The molecule has 1 aliphatic carbocycles. The van der Waals surface area contributed by atoms with Crippen molar-refractivity contribution < 1.29 is 18.0 Å². The monoisotopic (exact) mass is 369 g/mol. The fourth-order valence-electron chi connectivity index (χ4n) is 2.84. The quantitative estimate of drug-likeness (QED) is 0.852. The Morgan fingerprint density at radius 2 is 2.12 bits per heavy atom. The second kappa shape index (κ2) is 6.77. The molecule has 9 heteroatoms. The predicted octanol–water partition coefficient (Wildman–Crippen LogP) is 2.77. The zero-order valence-corrected chi connectivity index (χ0v) is 15.0. The van der Waals surface area contributed by atoms with Crippen molar-refractivity contribution in [2.45, 2.75) is 51.9 Å². The standard InChI is InChI=1S/C17H22F3N5O/c1-10(16(26)21-7-13-8-22-24(3)11(13)2)9-25-14(12-4-5-12)6-15(23-25)17(18,19)20/h6,8,10,12H,4-5,7,9H2,1-3H3,(H,21,26). The van der Waals surface area contributed by atoms with Crippen LogP contribution >= 0.6 is 0 Å². The molecule has 1 aliphatic rings. The molecule has 0 radical (unpaired) electrons. The average Bonchev–Trinajstić information content (AvgIpc) is 3.24. The summed E-state index contributed by atoms with van der Waals surface area (Å²) in [6.07, 6.45) is -1.06. The first-order valence-electron chi connectivity index (χ1n) is 8.57. The number of aryl methyl sites for hydroxylation is 1. The van der Waals surface area contributed by atoms with Crippen LogP contribution in [0.15, 0.2) is 12.3 Å². The average molecular weight is 369 g/mol. The molecule has 0 aromatic carbocycles. The van der Waals surface area contributed by atoms with E-state index in [1.807, 2.05) is 14.0 Å². The number of halogens is 3. The molecule has 142 valence electrons. The second-order valence-electron chi connectivity index (χ2n) is 6.91. The highest BCUT2D eigenvalue weighted by Crippen LogP contribution is 2.42. The molecule has 0 aliphatic heterocycles. The van der Waals surface area contributed by atoms with Crippen LogP contribution in [0.1, 0.15) is 48.3 Å². The summed E-state index contributed by atoms with van der Waals surface area (Å²) in [6, 6.07) is 1.11. The fourth-order valence-corrected chi connectivity index (χ4v) is 2.84. The molecular weight excluding hydrogens is 347 g/mol. The molecular formula is C17H22F3N5O. The number of rotatable bonds is 6. The van der Waals surface area contributed by atoms with Crippen molar-refractivity contribution in [2.24, 2.45) is 13.0 Å². The molecule has 2 heterocycles. The third-order valence-corrected chi connectivity index (χ3v) is 4.78. The number of carbonyl (C=O) groups excluding carboxylic acids is 1. The van der Waals surface area contributed by atoms with Crippen molar-refractivity contribution in [2.75, 3.05) is 0 Å². The van der Waals surface area contributed by atoms with Gasteiger partial charge >= 0.3 is 6.18 Å². The minimum absolute atomic E-state index is 0.118. The summed E-state index contributed by atoms with van der Waals surface area (Å²) in [6.45, 7) is 4.06. The molecule has 26 heavy (non-hydrogen) atoms. The highest BCUT2D eigenvalue weighted by molar-refractivity contribution is 5.78. The summed E-state index contributed by atoms with van der Waals surface area (Å²) in [4.78, 5) is 12.3. The van der Waals surface area contributed by atoms with E-state index in [0.717, 1.165) is 30.2 Å². The lowest BCUT2D eigenvalue weighted by Crippen LogP contribution is -2.32. The van der Waals surface area contributed by atoms with Gasteiger partial charge in [0.05, 0.1) is 18.7 Å². The van der Waals surface area contributed by atoms with E-state index in [0.29, 0.717) is 12.2 Å². The van der Waals surface area contributed by atoms with E-state index in [1.54, 1.807) is 17.8 Å². The van der Waals surface area contributed by atoms with Crippen molar-refractivity contribution in [1.82, 2.24) is 24.9 Å². The lowest BCUT2D eigenvalue weighted by atomic mass is 10.1. The van der Waals surface area contributed by atoms with Crippen LogP contribution in [0.25, 0.3) is 0 Å². The molecule has 3 rings (SSSR count). The summed E-state index contributed by atoms with van der Waals surface area (Å²) in [7, 11) is 1.82. The van der Waals surface area contributed by atoms with Crippen LogP contribution in [0.3, 0.4) is 0 Å². The molecule has 0 bridgehead atoms. The molecule has 2 aromatic rings. The highest BCUT2D eigenvalue weighted by Gasteiger charge is 2.38. The Balaban J connectivity index is 1.65. The smallest absolute Gasteiger partial charge is 0.352 e. The Bertz CT molecular complexity index is 804. The van der Waals surface area contributed by atoms with Gasteiger partial charge in [0.25, 0.3) is 0 Å². The van der Waals surface area contributed by atoms with Gasteiger partial charge in [-0.1, -0.05) is 6.92 Å². The van der Waals surface area contributed by atoms with Crippen molar-refractivity contribution in [1.29, 1.82) is 0 Å². The van der Waals surface area contributed by atoms with Crippen LogP contribution in [0.4, 0.5) is 13.2 Å². The molecule has 6 nitrogen and oxygen atoms in total. The molecule has 2 aromatic heterocycles. The lowest BCUT2D eigenvalue weighted by Gasteiger charge is -2.14. The van der Waals surface area contributed by atoms with Gasteiger partial charge in [0, 0.05) is 36.5 Å². The van der Waals surface area contributed by atoms with Gasteiger partial charge in [0.1, 0.15) is 0 Å². The molecule has 0 spiro atoms. The van der Waals surface area contributed by atoms with Gasteiger partial charge in [-0.2, -0.15) is 23.4 Å². The summed E-state index contributed by atoms with van der Waals surface area (Å²) < 4.78 is 41.9. The van der Waals surface area contributed by atoms with Crippen LogP contribution in [0.2, 0.25) is 0 Å². The Kier molecular flexibility index (Phi) is 4.81. The molecule has 1 N–H and O–H groups in total. The molecule has 1 unspecified atom stereocenters. The summed E-state index contributed by atoms with van der Waals surface area (Å²) in [5, 5.41) is 10.6. The number of hydrogen-bond acceptors (Lipinski definition) is 3. The normalized spacial score (nSPS) is 15.9. The largest absolute Gasteiger partial charge is 0.435 e. The number of alkyl halides is 3. The van der Waals surface area contributed by atoms with E-state index in [9.17, 15) is 18.0 Å². The number of carbonyl (C=O) groups is 1. The van der Waals surface area contributed by atoms with Gasteiger partial charge in [0.2, 0.25) is 5.91 Å². The van der Waals surface area contributed by atoms with Crippen molar-refractivity contribution in [3.63, 3.8) is 0 Å². The van der Waals surface area contributed by atoms with Crippen molar-refractivity contribution in [3.05, 3.63) is 34.9 Å². The first kappa shape index (κ1) is 18.5. The molecule has 0 saturated heterocycles. The van der Waals surface area contributed by atoms with Crippen LogP contribution in [-0.4, -0.2) is 25.5 Å². The Labute approximate surface area is 149 Å². The summed E-state index contributed by atoms with van der Waals surface area (Å²) in [5.74, 6) is -0.601. The third kappa shape index (κ3) is 3.91. The van der Waals surface area contributed by atoms with E-state index >= 15 is 0 Å². The van der Waals surface area contributed by atoms with Crippen molar-refractivity contribution in [3.8, 4) is 0 Å². The lowest BCUT2D eigenvalue weighted by molar-refractivity contribution is -0.141. The van der Waals surface area contributed by atoms with Crippen LogP contribution in [0.5, 0.6) is 0 Å². The molecule has 1 amide bonds.